The van der Waals surface area contributed by atoms with Gasteiger partial charge in [-0.1, -0.05) is 26.2 Å². The number of nitrogens with two attached hydrogens (primary N) is 1. The van der Waals surface area contributed by atoms with E-state index < -0.39 is 0 Å². The third kappa shape index (κ3) is 3.25. The fourth-order valence-electron chi connectivity index (χ4n) is 2.53. The first-order valence-corrected chi connectivity index (χ1v) is 6.06. The molecule has 0 aromatic heterocycles. The highest BCUT2D eigenvalue weighted by Gasteiger charge is 2.31. The van der Waals surface area contributed by atoms with Crippen molar-refractivity contribution >= 4 is 0 Å². The Morgan fingerprint density at radius 1 is 1.36 bits per heavy atom. The Balaban J connectivity index is 2.34. The SMILES string of the molecule is CCCC(C)N(C)CC1(N)CCCC1. The molecule has 1 atom stereocenters. The van der Waals surface area contributed by atoms with Gasteiger partial charge in [0, 0.05) is 18.1 Å². The molecule has 1 unspecified atom stereocenters. The van der Waals surface area contributed by atoms with Gasteiger partial charge in [0.2, 0.25) is 0 Å². The van der Waals surface area contributed by atoms with Crippen LogP contribution >= 0.6 is 0 Å². The molecule has 0 amide bonds. The molecule has 14 heavy (non-hydrogen) atoms. The van der Waals surface area contributed by atoms with Gasteiger partial charge in [0.1, 0.15) is 0 Å². The minimum Gasteiger partial charge on any atom is -0.324 e. The Kier molecular flexibility index (Phi) is 4.39. The van der Waals surface area contributed by atoms with Crippen LogP contribution in [0.3, 0.4) is 0 Å². The van der Waals surface area contributed by atoms with Crippen molar-refractivity contribution in [2.75, 3.05) is 13.6 Å². The maximum atomic E-state index is 6.35. The zero-order chi connectivity index (χ0) is 10.6. The topological polar surface area (TPSA) is 29.3 Å². The second-order valence-electron chi connectivity index (χ2n) is 5.12. The summed E-state index contributed by atoms with van der Waals surface area (Å²) in [6.45, 7) is 5.63. The summed E-state index contributed by atoms with van der Waals surface area (Å²) < 4.78 is 0. The van der Waals surface area contributed by atoms with E-state index in [1.54, 1.807) is 0 Å². The first-order chi connectivity index (χ1) is 6.57. The highest BCUT2D eigenvalue weighted by Crippen LogP contribution is 2.28. The summed E-state index contributed by atoms with van der Waals surface area (Å²) in [5.74, 6) is 0. The van der Waals surface area contributed by atoms with Gasteiger partial charge in [-0.2, -0.15) is 0 Å². The van der Waals surface area contributed by atoms with Crippen LogP contribution in [0.2, 0.25) is 0 Å². The molecular formula is C12H26N2. The van der Waals surface area contributed by atoms with E-state index in [1.807, 2.05) is 0 Å². The first-order valence-electron chi connectivity index (χ1n) is 6.06. The van der Waals surface area contributed by atoms with Crippen LogP contribution < -0.4 is 5.73 Å². The van der Waals surface area contributed by atoms with E-state index in [4.69, 9.17) is 5.73 Å². The monoisotopic (exact) mass is 198 g/mol. The van der Waals surface area contributed by atoms with Gasteiger partial charge in [-0.05, 0) is 33.2 Å². The predicted octanol–water partition coefficient (Wildman–Crippen LogP) is 2.38. The number of hydrogen-bond acceptors (Lipinski definition) is 2. The molecule has 0 saturated heterocycles. The summed E-state index contributed by atoms with van der Waals surface area (Å²) in [5.41, 5.74) is 6.47. The van der Waals surface area contributed by atoms with Crippen molar-refractivity contribution in [2.45, 2.75) is 64.0 Å². The average Bonchev–Trinajstić information content (AvgIpc) is 2.52. The van der Waals surface area contributed by atoms with Crippen LogP contribution in [0.1, 0.15) is 52.4 Å². The second-order valence-corrected chi connectivity index (χ2v) is 5.12. The van der Waals surface area contributed by atoms with Crippen molar-refractivity contribution in [3.05, 3.63) is 0 Å². The molecule has 0 heterocycles. The van der Waals surface area contributed by atoms with E-state index in [2.05, 4.69) is 25.8 Å². The van der Waals surface area contributed by atoms with Crippen molar-refractivity contribution in [3.8, 4) is 0 Å². The van der Waals surface area contributed by atoms with Crippen LogP contribution in [0.15, 0.2) is 0 Å². The molecule has 1 aliphatic rings. The van der Waals surface area contributed by atoms with Gasteiger partial charge in [-0.25, -0.2) is 0 Å². The Labute approximate surface area is 88.8 Å². The summed E-state index contributed by atoms with van der Waals surface area (Å²) in [6.07, 6.45) is 7.64. The number of hydrogen-bond donors (Lipinski definition) is 1. The van der Waals surface area contributed by atoms with Crippen LogP contribution in [0.4, 0.5) is 0 Å². The van der Waals surface area contributed by atoms with Gasteiger partial charge in [0.05, 0.1) is 0 Å². The maximum absolute atomic E-state index is 6.35. The smallest absolute Gasteiger partial charge is 0.0283 e. The molecule has 1 rings (SSSR count). The average molecular weight is 198 g/mol. The zero-order valence-electron chi connectivity index (χ0n) is 10.1. The van der Waals surface area contributed by atoms with Gasteiger partial charge in [0.25, 0.3) is 0 Å². The molecule has 0 aromatic rings. The highest BCUT2D eigenvalue weighted by molar-refractivity contribution is 4.92. The molecule has 1 aliphatic carbocycles. The van der Waals surface area contributed by atoms with Crippen LogP contribution in [-0.2, 0) is 0 Å². The minimum absolute atomic E-state index is 0.122. The third-order valence-corrected chi connectivity index (χ3v) is 3.62. The van der Waals surface area contributed by atoms with Crippen molar-refractivity contribution in [2.24, 2.45) is 5.73 Å². The van der Waals surface area contributed by atoms with Crippen LogP contribution in [0.25, 0.3) is 0 Å². The Bertz CT molecular complexity index is 162. The van der Waals surface area contributed by atoms with Gasteiger partial charge in [-0.15, -0.1) is 0 Å². The van der Waals surface area contributed by atoms with Crippen LogP contribution in [0.5, 0.6) is 0 Å². The Hall–Kier alpha value is -0.0800. The summed E-state index contributed by atoms with van der Waals surface area (Å²) in [5, 5.41) is 0. The second kappa shape index (κ2) is 5.13. The van der Waals surface area contributed by atoms with E-state index in [9.17, 15) is 0 Å². The predicted molar refractivity (Wildman–Crippen MR) is 62.4 cm³/mol. The molecule has 0 aliphatic heterocycles. The van der Waals surface area contributed by atoms with E-state index >= 15 is 0 Å². The fourth-order valence-corrected chi connectivity index (χ4v) is 2.53. The third-order valence-electron chi connectivity index (χ3n) is 3.62. The summed E-state index contributed by atoms with van der Waals surface area (Å²) in [6, 6.07) is 0.682. The summed E-state index contributed by atoms with van der Waals surface area (Å²) >= 11 is 0. The fraction of sp³-hybridized carbons (Fsp3) is 1.00. The normalized spacial score (nSPS) is 22.9. The summed E-state index contributed by atoms with van der Waals surface area (Å²) in [7, 11) is 2.22. The molecule has 1 fully saturated rings. The zero-order valence-corrected chi connectivity index (χ0v) is 10.1. The molecule has 1 saturated carbocycles. The van der Waals surface area contributed by atoms with Crippen molar-refractivity contribution in [1.29, 1.82) is 0 Å². The maximum Gasteiger partial charge on any atom is 0.0283 e. The van der Waals surface area contributed by atoms with Gasteiger partial charge in [-0.3, -0.25) is 0 Å². The van der Waals surface area contributed by atoms with Crippen molar-refractivity contribution in [1.82, 2.24) is 4.90 Å². The summed E-state index contributed by atoms with van der Waals surface area (Å²) in [4.78, 5) is 2.44. The lowest BCUT2D eigenvalue weighted by molar-refractivity contribution is 0.190. The molecule has 84 valence electrons. The molecular weight excluding hydrogens is 172 g/mol. The first kappa shape index (κ1) is 12.0. The van der Waals surface area contributed by atoms with Gasteiger partial charge in [0.15, 0.2) is 0 Å². The largest absolute Gasteiger partial charge is 0.324 e. The highest BCUT2D eigenvalue weighted by atomic mass is 15.1. The van der Waals surface area contributed by atoms with Gasteiger partial charge < -0.3 is 10.6 Å². The standard InChI is InChI=1S/C12H26N2/c1-4-7-11(2)14(3)10-12(13)8-5-6-9-12/h11H,4-10,13H2,1-3H3. The quantitative estimate of drug-likeness (QED) is 0.735. The molecule has 2 nitrogen and oxygen atoms in total. The minimum atomic E-state index is 0.122. The lowest BCUT2D eigenvalue weighted by Crippen LogP contribution is -2.49. The van der Waals surface area contributed by atoms with Gasteiger partial charge >= 0.3 is 0 Å². The lowest BCUT2D eigenvalue weighted by atomic mass is 9.97. The van der Waals surface area contributed by atoms with E-state index in [0.717, 1.165) is 6.54 Å². The molecule has 0 radical (unpaired) electrons. The van der Waals surface area contributed by atoms with Crippen LogP contribution in [0, 0.1) is 0 Å². The molecule has 2 N–H and O–H groups in total. The Morgan fingerprint density at radius 3 is 2.43 bits per heavy atom. The van der Waals surface area contributed by atoms with E-state index in [1.165, 1.54) is 38.5 Å². The molecule has 2 heteroatoms. The number of nitrogens with zero attached hydrogens (tertiary/aromatic N) is 1. The number of rotatable bonds is 5. The van der Waals surface area contributed by atoms with Crippen molar-refractivity contribution in [3.63, 3.8) is 0 Å². The van der Waals surface area contributed by atoms with E-state index in [0.29, 0.717) is 6.04 Å². The molecule has 0 spiro atoms. The van der Waals surface area contributed by atoms with E-state index in [-0.39, 0.29) is 5.54 Å². The lowest BCUT2D eigenvalue weighted by Gasteiger charge is -2.33. The Morgan fingerprint density at radius 2 is 1.93 bits per heavy atom. The van der Waals surface area contributed by atoms with Crippen molar-refractivity contribution < 1.29 is 0 Å². The molecule has 0 aromatic carbocycles. The molecule has 0 bridgehead atoms. The van der Waals surface area contributed by atoms with Crippen LogP contribution in [-0.4, -0.2) is 30.1 Å². The number of likely N-dealkylation sites (N-methyl/N-ethyl adjacent to an activating group) is 1.